The zero-order valence-corrected chi connectivity index (χ0v) is 16.5. The molecule has 1 amide bonds. The van der Waals surface area contributed by atoms with Crippen molar-refractivity contribution in [2.45, 2.75) is 29.5 Å². The van der Waals surface area contributed by atoms with Crippen molar-refractivity contribution in [1.29, 1.82) is 0 Å². The Morgan fingerprint density at radius 2 is 1.89 bits per heavy atom. The average Bonchev–Trinajstić information content (AvgIpc) is 3.43. The van der Waals surface area contributed by atoms with E-state index in [1.54, 1.807) is 11.8 Å². The van der Waals surface area contributed by atoms with Crippen LogP contribution in [0.4, 0.5) is 0 Å². The summed E-state index contributed by atoms with van der Waals surface area (Å²) < 4.78 is 10.9. The normalized spacial score (nSPS) is 13.5. The first-order valence-electron chi connectivity index (χ1n) is 8.95. The fourth-order valence-electron chi connectivity index (χ4n) is 2.79. The molecule has 1 aliphatic rings. The number of esters is 1. The van der Waals surface area contributed by atoms with E-state index in [2.05, 4.69) is 5.32 Å². The van der Waals surface area contributed by atoms with Crippen LogP contribution in [0.25, 0.3) is 11.0 Å². The van der Waals surface area contributed by atoms with Crippen molar-refractivity contribution in [3.05, 3.63) is 64.9 Å². The van der Waals surface area contributed by atoms with Crippen LogP contribution in [0.3, 0.4) is 0 Å². The first-order chi connectivity index (χ1) is 13.6. The van der Waals surface area contributed by atoms with Crippen molar-refractivity contribution >= 4 is 46.2 Å². The molecule has 0 radical (unpaired) electrons. The topological polar surface area (TPSA) is 68.5 Å². The highest BCUT2D eigenvalue weighted by Crippen LogP contribution is 2.33. The zero-order chi connectivity index (χ0) is 19.5. The number of rotatable bonds is 7. The van der Waals surface area contributed by atoms with Gasteiger partial charge in [-0.3, -0.25) is 4.79 Å². The molecule has 0 aliphatic heterocycles. The van der Waals surface area contributed by atoms with Crippen molar-refractivity contribution < 1.29 is 18.7 Å². The number of para-hydroxylation sites is 1. The number of furan rings is 1. The lowest BCUT2D eigenvalue weighted by Crippen LogP contribution is -2.30. The van der Waals surface area contributed by atoms with Crippen molar-refractivity contribution in [3.63, 3.8) is 0 Å². The number of thioether (sulfide) groups is 1. The summed E-state index contributed by atoms with van der Waals surface area (Å²) in [6.07, 6.45) is 1.96. The van der Waals surface area contributed by atoms with Crippen LogP contribution >= 0.6 is 23.4 Å². The lowest BCUT2D eigenvalue weighted by molar-refractivity contribution is -0.124. The molecule has 5 nitrogen and oxygen atoms in total. The Morgan fingerprint density at radius 3 is 2.64 bits per heavy atom. The number of amides is 1. The smallest absolute Gasteiger partial charge is 0.375 e. The molecule has 0 unspecified atom stereocenters. The third-order valence-electron chi connectivity index (χ3n) is 4.36. The molecule has 1 N–H and O–H groups in total. The molecule has 28 heavy (non-hydrogen) atoms. The van der Waals surface area contributed by atoms with Gasteiger partial charge in [-0.05, 0) is 43.2 Å². The SMILES string of the molecule is O=C(COC(=O)c1oc2ccccc2c1CSc1ccc(Cl)cc1)NC1CC1. The molecule has 3 aromatic rings. The van der Waals surface area contributed by atoms with Crippen molar-refractivity contribution in [2.24, 2.45) is 0 Å². The second-order valence-electron chi connectivity index (χ2n) is 6.57. The van der Waals surface area contributed by atoms with E-state index < -0.39 is 5.97 Å². The minimum atomic E-state index is -0.631. The number of hydrogen-bond acceptors (Lipinski definition) is 5. The van der Waals surface area contributed by atoms with Gasteiger partial charge in [0, 0.05) is 32.7 Å². The summed E-state index contributed by atoms with van der Waals surface area (Å²) in [7, 11) is 0. The summed E-state index contributed by atoms with van der Waals surface area (Å²) >= 11 is 7.50. The zero-order valence-electron chi connectivity index (χ0n) is 14.9. The molecule has 1 fully saturated rings. The number of nitrogens with one attached hydrogen (secondary N) is 1. The van der Waals surface area contributed by atoms with Crippen LogP contribution in [0.15, 0.2) is 57.8 Å². The molecule has 0 atom stereocenters. The molecule has 0 saturated heterocycles. The number of halogens is 1. The van der Waals surface area contributed by atoms with Gasteiger partial charge in [0.15, 0.2) is 6.61 Å². The van der Waals surface area contributed by atoms with E-state index in [1.165, 1.54) is 0 Å². The van der Waals surface area contributed by atoms with E-state index in [0.717, 1.165) is 28.7 Å². The quantitative estimate of drug-likeness (QED) is 0.443. The maximum atomic E-state index is 12.6. The summed E-state index contributed by atoms with van der Waals surface area (Å²) in [6, 6.07) is 15.2. The molecular weight excluding hydrogens is 398 g/mol. The predicted molar refractivity (Wildman–Crippen MR) is 109 cm³/mol. The molecule has 1 aromatic heterocycles. The van der Waals surface area contributed by atoms with E-state index >= 15 is 0 Å². The lowest BCUT2D eigenvalue weighted by atomic mass is 10.1. The van der Waals surface area contributed by atoms with Crippen molar-refractivity contribution in [2.75, 3.05) is 6.61 Å². The Labute approximate surface area is 171 Å². The summed E-state index contributed by atoms with van der Waals surface area (Å²) in [5, 5.41) is 4.32. The van der Waals surface area contributed by atoms with Crippen LogP contribution in [0.5, 0.6) is 0 Å². The summed E-state index contributed by atoms with van der Waals surface area (Å²) in [4.78, 5) is 25.4. The standard InChI is InChI=1S/C21H18ClNO4S/c22-13-5-9-15(10-6-13)28-12-17-16-3-1-2-4-18(16)27-20(17)21(25)26-11-19(24)23-14-7-8-14/h1-6,9-10,14H,7-8,11-12H2,(H,23,24). The third-order valence-corrected chi connectivity index (χ3v) is 5.65. The fraction of sp³-hybridized carbons (Fsp3) is 0.238. The van der Waals surface area contributed by atoms with E-state index in [9.17, 15) is 9.59 Å². The van der Waals surface area contributed by atoms with E-state index in [0.29, 0.717) is 16.4 Å². The number of benzene rings is 2. The number of ether oxygens (including phenoxy) is 1. The number of fused-ring (bicyclic) bond motifs is 1. The van der Waals surface area contributed by atoms with Gasteiger partial charge >= 0.3 is 5.97 Å². The number of hydrogen-bond donors (Lipinski definition) is 1. The Kier molecular flexibility index (Phi) is 5.59. The van der Waals surface area contributed by atoms with Crippen LogP contribution in [0.2, 0.25) is 5.02 Å². The molecule has 1 saturated carbocycles. The molecular formula is C21H18ClNO4S. The molecule has 0 bridgehead atoms. The summed E-state index contributed by atoms with van der Waals surface area (Å²) in [5.74, 6) is -0.253. The highest BCUT2D eigenvalue weighted by molar-refractivity contribution is 7.98. The fourth-order valence-corrected chi connectivity index (χ4v) is 3.84. The summed E-state index contributed by atoms with van der Waals surface area (Å²) in [6.45, 7) is -0.309. The van der Waals surface area contributed by atoms with Crippen LogP contribution in [-0.4, -0.2) is 24.5 Å². The van der Waals surface area contributed by atoms with Gasteiger partial charge in [0.2, 0.25) is 5.76 Å². The first kappa shape index (κ1) is 18.9. The Morgan fingerprint density at radius 1 is 1.14 bits per heavy atom. The van der Waals surface area contributed by atoms with E-state index in [-0.39, 0.29) is 24.3 Å². The molecule has 4 rings (SSSR count). The molecule has 7 heteroatoms. The number of carbonyl (C=O) groups is 2. The average molecular weight is 416 g/mol. The Hall–Kier alpha value is -2.44. The van der Waals surface area contributed by atoms with Crippen LogP contribution in [0.1, 0.15) is 29.0 Å². The molecule has 2 aromatic carbocycles. The van der Waals surface area contributed by atoms with Gasteiger partial charge in [-0.1, -0.05) is 29.8 Å². The summed E-state index contributed by atoms with van der Waals surface area (Å²) in [5.41, 5.74) is 1.37. The third kappa shape index (κ3) is 4.51. The molecule has 0 spiro atoms. The second kappa shape index (κ2) is 8.29. The van der Waals surface area contributed by atoms with Crippen molar-refractivity contribution in [1.82, 2.24) is 5.32 Å². The van der Waals surface area contributed by atoms with Gasteiger partial charge < -0.3 is 14.5 Å². The lowest BCUT2D eigenvalue weighted by Gasteiger charge is -2.06. The van der Waals surface area contributed by atoms with Gasteiger partial charge in [-0.2, -0.15) is 0 Å². The maximum Gasteiger partial charge on any atom is 0.375 e. The highest BCUT2D eigenvalue weighted by Gasteiger charge is 2.25. The van der Waals surface area contributed by atoms with Crippen LogP contribution in [0, 0.1) is 0 Å². The predicted octanol–water partition coefficient (Wildman–Crippen LogP) is 4.81. The minimum absolute atomic E-state index is 0.141. The van der Waals surface area contributed by atoms with Crippen LogP contribution in [-0.2, 0) is 15.3 Å². The van der Waals surface area contributed by atoms with Crippen molar-refractivity contribution in [3.8, 4) is 0 Å². The highest BCUT2D eigenvalue weighted by atomic mass is 35.5. The molecule has 1 aliphatic carbocycles. The number of carbonyl (C=O) groups excluding carboxylic acids is 2. The Bertz CT molecular complexity index is 1010. The first-order valence-corrected chi connectivity index (χ1v) is 10.3. The van der Waals surface area contributed by atoms with Gasteiger partial charge in [0.05, 0.1) is 0 Å². The van der Waals surface area contributed by atoms with Gasteiger partial charge in [-0.25, -0.2) is 4.79 Å². The van der Waals surface area contributed by atoms with Gasteiger partial charge in [0.25, 0.3) is 5.91 Å². The van der Waals surface area contributed by atoms with E-state index in [1.807, 2.05) is 48.5 Å². The molecule has 1 heterocycles. The van der Waals surface area contributed by atoms with Gasteiger partial charge in [-0.15, -0.1) is 11.8 Å². The van der Waals surface area contributed by atoms with Crippen LogP contribution < -0.4 is 5.32 Å². The van der Waals surface area contributed by atoms with E-state index in [4.69, 9.17) is 20.8 Å². The molecule has 144 valence electrons. The van der Waals surface area contributed by atoms with Gasteiger partial charge in [0.1, 0.15) is 5.58 Å². The minimum Gasteiger partial charge on any atom is -0.450 e. The largest absolute Gasteiger partial charge is 0.450 e. The second-order valence-corrected chi connectivity index (χ2v) is 8.05. The Balaban J connectivity index is 1.51. The monoisotopic (exact) mass is 415 g/mol. The maximum absolute atomic E-state index is 12.6.